The number of aliphatic hydroxyl groups excluding tert-OH is 1. The molecular weight excluding hydrogens is 228 g/mol. The van der Waals surface area contributed by atoms with Crippen molar-refractivity contribution in [1.29, 1.82) is 0 Å². The van der Waals surface area contributed by atoms with Crippen LogP contribution in [0.3, 0.4) is 0 Å². The smallest absolute Gasteiger partial charge is 0.395 e. The van der Waals surface area contributed by atoms with Gasteiger partial charge in [0.15, 0.2) is 0 Å². The lowest BCUT2D eigenvalue weighted by atomic mass is 10.3. The molecule has 1 unspecified atom stereocenters. The van der Waals surface area contributed by atoms with E-state index < -0.39 is 24.0 Å². The van der Waals surface area contributed by atoms with E-state index in [9.17, 15) is 14.7 Å². The Kier molecular flexibility index (Phi) is 6.45. The lowest BCUT2D eigenvalue weighted by molar-refractivity contribution is -0.296. The minimum Gasteiger partial charge on any atom is -0.395 e. The molecular formula is C11H18O6. The predicted octanol–water partition coefficient (Wildman–Crippen LogP) is 0.476. The van der Waals surface area contributed by atoms with Crippen LogP contribution in [0.5, 0.6) is 0 Å². The average Bonchev–Trinajstić information content (AvgIpc) is 2.26. The summed E-state index contributed by atoms with van der Waals surface area (Å²) in [4.78, 5) is 22.1. The molecule has 6 nitrogen and oxygen atoms in total. The molecule has 0 aromatic heterocycles. The molecule has 0 bridgehead atoms. The van der Waals surface area contributed by atoms with Crippen LogP contribution in [0.25, 0.3) is 0 Å². The van der Waals surface area contributed by atoms with Crippen molar-refractivity contribution >= 4 is 11.9 Å². The van der Waals surface area contributed by atoms with E-state index in [1.807, 2.05) is 0 Å². The second kappa shape index (κ2) is 7.03. The first-order chi connectivity index (χ1) is 7.83. The fourth-order valence-corrected chi connectivity index (χ4v) is 0.820. The third kappa shape index (κ3) is 6.70. The molecule has 0 aliphatic carbocycles. The second-order valence-corrected chi connectivity index (χ2v) is 3.39. The zero-order chi connectivity index (χ0) is 13.5. The van der Waals surface area contributed by atoms with Gasteiger partial charge in [-0.05, 0) is 13.0 Å². The number of aliphatic hydroxyl groups is 2. The van der Waals surface area contributed by atoms with Crippen molar-refractivity contribution in [3.05, 3.63) is 12.2 Å². The van der Waals surface area contributed by atoms with E-state index in [0.29, 0.717) is 0 Å². The average molecular weight is 246 g/mol. The number of esters is 2. The summed E-state index contributed by atoms with van der Waals surface area (Å²) < 4.78 is 9.17. The Hall–Kier alpha value is -1.40. The van der Waals surface area contributed by atoms with E-state index in [4.69, 9.17) is 5.11 Å². The lowest BCUT2D eigenvalue weighted by Gasteiger charge is -2.23. The van der Waals surface area contributed by atoms with E-state index in [2.05, 4.69) is 9.47 Å². The van der Waals surface area contributed by atoms with Crippen LogP contribution >= 0.6 is 0 Å². The van der Waals surface area contributed by atoms with Gasteiger partial charge in [-0.3, -0.25) is 9.59 Å². The highest BCUT2D eigenvalue weighted by molar-refractivity contribution is 5.71. The van der Waals surface area contributed by atoms with Crippen LogP contribution in [0.4, 0.5) is 0 Å². The number of carbonyl (C=O) groups excluding carboxylic acids is 2. The maximum Gasteiger partial charge on any atom is 0.395 e. The minimum absolute atomic E-state index is 0.0223. The van der Waals surface area contributed by atoms with Crippen LogP contribution in [0, 0.1) is 0 Å². The molecule has 2 N–H and O–H groups in total. The van der Waals surface area contributed by atoms with Crippen LogP contribution in [-0.2, 0) is 19.1 Å². The second-order valence-electron chi connectivity index (χ2n) is 3.39. The molecule has 0 amide bonds. The normalized spacial score (nSPS) is 13.5. The Morgan fingerprint density at radius 3 is 1.94 bits per heavy atom. The zero-order valence-corrected chi connectivity index (χ0v) is 10.2. The lowest BCUT2D eigenvalue weighted by Crippen LogP contribution is -2.38. The summed E-state index contributed by atoms with van der Waals surface area (Å²) in [7, 11) is 0. The van der Waals surface area contributed by atoms with Crippen molar-refractivity contribution < 1.29 is 29.3 Å². The van der Waals surface area contributed by atoms with Crippen LogP contribution in [0.2, 0.25) is 0 Å². The van der Waals surface area contributed by atoms with Crippen LogP contribution in [0.15, 0.2) is 12.2 Å². The zero-order valence-electron chi connectivity index (χ0n) is 10.2. The highest BCUT2D eigenvalue weighted by Crippen LogP contribution is 2.14. The summed E-state index contributed by atoms with van der Waals surface area (Å²) >= 11 is 0. The quantitative estimate of drug-likeness (QED) is 0.402. The van der Waals surface area contributed by atoms with E-state index in [0.717, 1.165) is 12.2 Å². The summed E-state index contributed by atoms with van der Waals surface area (Å²) in [5.41, 5.74) is 0. The summed E-state index contributed by atoms with van der Waals surface area (Å²) in [6, 6.07) is 0. The first-order valence-electron chi connectivity index (χ1n) is 5.36. The summed E-state index contributed by atoms with van der Waals surface area (Å²) in [6.07, 6.45) is 1.23. The summed E-state index contributed by atoms with van der Waals surface area (Å²) in [6.45, 7) is 4.49. The number of hydrogen-bond donors (Lipinski definition) is 2. The van der Waals surface area contributed by atoms with E-state index in [-0.39, 0.29) is 12.8 Å². The summed E-state index contributed by atoms with van der Waals surface area (Å²) in [5, 5.41) is 18.8. The monoisotopic (exact) mass is 246 g/mol. The molecule has 0 aliphatic heterocycles. The van der Waals surface area contributed by atoms with Gasteiger partial charge in [-0.1, -0.05) is 13.8 Å². The number of hydrogen-bond acceptors (Lipinski definition) is 6. The molecule has 0 saturated carbocycles. The first-order valence-corrected chi connectivity index (χ1v) is 5.36. The van der Waals surface area contributed by atoms with E-state index >= 15 is 0 Å². The van der Waals surface area contributed by atoms with E-state index in [1.54, 1.807) is 0 Å². The first kappa shape index (κ1) is 15.6. The third-order valence-corrected chi connectivity index (χ3v) is 1.68. The van der Waals surface area contributed by atoms with Crippen molar-refractivity contribution in [2.45, 2.75) is 45.7 Å². The Labute approximate surface area is 99.8 Å². The molecule has 98 valence electrons. The van der Waals surface area contributed by atoms with E-state index in [1.165, 1.54) is 20.8 Å². The maximum absolute atomic E-state index is 11.1. The molecule has 0 spiro atoms. The van der Waals surface area contributed by atoms with Gasteiger partial charge in [-0.15, -0.1) is 0 Å². The topological polar surface area (TPSA) is 93.1 Å². The van der Waals surface area contributed by atoms with Crippen LogP contribution < -0.4 is 0 Å². The predicted molar refractivity (Wildman–Crippen MR) is 58.5 cm³/mol. The van der Waals surface area contributed by atoms with Gasteiger partial charge in [0.25, 0.3) is 0 Å². The van der Waals surface area contributed by atoms with Gasteiger partial charge in [-0.25, -0.2) is 0 Å². The Morgan fingerprint density at radius 2 is 1.65 bits per heavy atom. The standard InChI is InChI=1S/C11H18O6/c1-4-9(13)16-11(15,7-6-8(3)12)17-10(14)5-2/h6-8,12,15H,4-5H2,1-3H3/b7-6+. The van der Waals surface area contributed by atoms with Gasteiger partial charge < -0.3 is 19.7 Å². The van der Waals surface area contributed by atoms with Gasteiger partial charge in [0, 0.05) is 18.9 Å². The van der Waals surface area contributed by atoms with Gasteiger partial charge in [0.05, 0.1) is 6.10 Å². The number of rotatable bonds is 6. The molecule has 0 radical (unpaired) electrons. The molecule has 17 heavy (non-hydrogen) atoms. The Bertz CT molecular complexity index is 276. The molecule has 0 heterocycles. The van der Waals surface area contributed by atoms with Crippen LogP contribution in [0.1, 0.15) is 33.6 Å². The highest BCUT2D eigenvalue weighted by atomic mass is 16.8. The van der Waals surface area contributed by atoms with Gasteiger partial charge >= 0.3 is 17.9 Å². The molecule has 0 fully saturated rings. The van der Waals surface area contributed by atoms with Crippen molar-refractivity contribution in [2.24, 2.45) is 0 Å². The molecule has 0 aliphatic rings. The fraction of sp³-hybridized carbons (Fsp3) is 0.636. The summed E-state index contributed by atoms with van der Waals surface area (Å²) in [5.74, 6) is -3.92. The van der Waals surface area contributed by atoms with Crippen molar-refractivity contribution in [1.82, 2.24) is 0 Å². The SMILES string of the molecule is CCC(=O)OC(O)(/C=C/C(C)O)OC(=O)CC. The fourth-order valence-electron chi connectivity index (χ4n) is 0.820. The van der Waals surface area contributed by atoms with Crippen molar-refractivity contribution in [2.75, 3.05) is 0 Å². The van der Waals surface area contributed by atoms with Gasteiger partial charge in [0.1, 0.15) is 0 Å². The van der Waals surface area contributed by atoms with Crippen molar-refractivity contribution in [3.63, 3.8) is 0 Å². The molecule has 6 heteroatoms. The third-order valence-electron chi connectivity index (χ3n) is 1.68. The Morgan fingerprint density at radius 1 is 1.24 bits per heavy atom. The number of carbonyl (C=O) groups is 2. The minimum atomic E-state index is -2.46. The van der Waals surface area contributed by atoms with Gasteiger partial charge in [-0.2, -0.15) is 0 Å². The molecule has 0 rings (SSSR count). The highest BCUT2D eigenvalue weighted by Gasteiger charge is 2.32. The maximum atomic E-state index is 11.1. The largest absolute Gasteiger partial charge is 0.395 e. The van der Waals surface area contributed by atoms with Gasteiger partial charge in [0.2, 0.25) is 0 Å². The molecule has 0 aromatic carbocycles. The van der Waals surface area contributed by atoms with Crippen LogP contribution in [-0.4, -0.2) is 34.2 Å². The number of ether oxygens (including phenoxy) is 2. The molecule has 0 aromatic rings. The van der Waals surface area contributed by atoms with Crippen molar-refractivity contribution in [3.8, 4) is 0 Å². The molecule has 0 saturated heterocycles. The molecule has 1 atom stereocenters. The Balaban J connectivity index is 4.79.